The number of hydrogen-bond acceptors (Lipinski definition) is 3. The van der Waals surface area contributed by atoms with Gasteiger partial charge in [0.05, 0.1) is 36.2 Å². The van der Waals surface area contributed by atoms with Crippen LogP contribution in [0.1, 0.15) is 38.0 Å². The SMILES string of the molecule is CCCCC(O)c1c(Cl)cnn1CCOC. The van der Waals surface area contributed by atoms with E-state index in [-0.39, 0.29) is 0 Å². The fourth-order valence-corrected chi connectivity index (χ4v) is 1.86. The maximum atomic E-state index is 10.0. The van der Waals surface area contributed by atoms with Crippen molar-refractivity contribution in [2.75, 3.05) is 13.7 Å². The van der Waals surface area contributed by atoms with Gasteiger partial charge in [0.15, 0.2) is 0 Å². The molecule has 0 aromatic carbocycles. The molecule has 1 N–H and O–H groups in total. The van der Waals surface area contributed by atoms with Crippen molar-refractivity contribution in [1.82, 2.24) is 9.78 Å². The molecule has 0 fully saturated rings. The van der Waals surface area contributed by atoms with Crippen LogP contribution in [0.4, 0.5) is 0 Å². The molecule has 0 aliphatic heterocycles. The second-order valence-electron chi connectivity index (χ2n) is 3.75. The molecule has 1 aromatic heterocycles. The van der Waals surface area contributed by atoms with E-state index in [0.717, 1.165) is 19.3 Å². The van der Waals surface area contributed by atoms with Crippen LogP contribution in [-0.4, -0.2) is 28.6 Å². The molecule has 0 spiro atoms. The molecule has 1 unspecified atom stereocenters. The number of aliphatic hydroxyl groups is 1. The first-order valence-corrected chi connectivity index (χ1v) is 5.96. The zero-order valence-corrected chi connectivity index (χ0v) is 10.6. The molecular weight excluding hydrogens is 228 g/mol. The smallest absolute Gasteiger partial charge is 0.0971 e. The van der Waals surface area contributed by atoms with Crippen LogP contribution in [0.15, 0.2) is 6.20 Å². The van der Waals surface area contributed by atoms with Gasteiger partial charge in [0.25, 0.3) is 0 Å². The highest BCUT2D eigenvalue weighted by Gasteiger charge is 2.17. The van der Waals surface area contributed by atoms with E-state index < -0.39 is 6.10 Å². The first-order chi connectivity index (χ1) is 7.70. The molecule has 92 valence electrons. The summed E-state index contributed by atoms with van der Waals surface area (Å²) in [5.74, 6) is 0. The predicted octanol–water partition coefficient (Wildman–Crippen LogP) is 2.41. The van der Waals surface area contributed by atoms with Gasteiger partial charge in [0, 0.05) is 7.11 Å². The summed E-state index contributed by atoms with van der Waals surface area (Å²) in [6, 6.07) is 0. The Morgan fingerprint density at radius 2 is 2.38 bits per heavy atom. The molecule has 0 bridgehead atoms. The summed E-state index contributed by atoms with van der Waals surface area (Å²) in [7, 11) is 1.64. The molecule has 1 rings (SSSR count). The highest BCUT2D eigenvalue weighted by molar-refractivity contribution is 6.31. The van der Waals surface area contributed by atoms with E-state index in [0.29, 0.717) is 23.9 Å². The molecule has 16 heavy (non-hydrogen) atoms. The molecule has 0 aliphatic rings. The standard InChI is InChI=1S/C11H19ClN2O2/c1-3-4-5-10(15)11-9(12)8-13-14(11)6-7-16-2/h8,10,15H,3-7H2,1-2H3. The third-order valence-corrected chi connectivity index (χ3v) is 2.78. The third kappa shape index (κ3) is 3.47. The molecule has 1 atom stereocenters. The Kier molecular flexibility index (Phi) is 5.80. The van der Waals surface area contributed by atoms with Gasteiger partial charge in [-0.25, -0.2) is 0 Å². The lowest BCUT2D eigenvalue weighted by atomic mass is 10.1. The summed E-state index contributed by atoms with van der Waals surface area (Å²) in [4.78, 5) is 0. The van der Waals surface area contributed by atoms with Gasteiger partial charge in [-0.3, -0.25) is 4.68 Å². The minimum atomic E-state index is -0.535. The van der Waals surface area contributed by atoms with Gasteiger partial charge in [0.1, 0.15) is 0 Å². The molecular formula is C11H19ClN2O2. The van der Waals surface area contributed by atoms with Gasteiger partial charge in [-0.05, 0) is 6.42 Å². The van der Waals surface area contributed by atoms with Crippen LogP contribution in [0.5, 0.6) is 0 Å². The van der Waals surface area contributed by atoms with Gasteiger partial charge < -0.3 is 9.84 Å². The van der Waals surface area contributed by atoms with Crippen LogP contribution >= 0.6 is 11.6 Å². The summed E-state index contributed by atoms with van der Waals surface area (Å²) in [6.45, 7) is 3.27. The highest BCUT2D eigenvalue weighted by atomic mass is 35.5. The average molecular weight is 247 g/mol. The molecule has 5 heteroatoms. The number of unbranched alkanes of at least 4 members (excludes halogenated alkanes) is 1. The van der Waals surface area contributed by atoms with Crippen molar-refractivity contribution in [3.05, 3.63) is 16.9 Å². The van der Waals surface area contributed by atoms with E-state index in [4.69, 9.17) is 16.3 Å². The summed E-state index contributed by atoms with van der Waals surface area (Å²) in [6.07, 6.45) is 3.79. The number of nitrogens with zero attached hydrogens (tertiary/aromatic N) is 2. The molecule has 4 nitrogen and oxygen atoms in total. The van der Waals surface area contributed by atoms with E-state index in [1.807, 2.05) is 0 Å². The lowest BCUT2D eigenvalue weighted by molar-refractivity contribution is 0.143. The molecule has 0 saturated heterocycles. The lowest BCUT2D eigenvalue weighted by Crippen LogP contribution is -2.12. The van der Waals surface area contributed by atoms with Crippen LogP contribution in [0.2, 0.25) is 5.02 Å². The van der Waals surface area contributed by atoms with Crippen molar-refractivity contribution in [3.8, 4) is 0 Å². The van der Waals surface area contributed by atoms with E-state index in [1.165, 1.54) is 0 Å². The molecule has 0 aliphatic carbocycles. The molecule has 0 radical (unpaired) electrons. The van der Waals surface area contributed by atoms with E-state index in [1.54, 1.807) is 18.0 Å². The van der Waals surface area contributed by atoms with Crippen LogP contribution in [-0.2, 0) is 11.3 Å². The highest BCUT2D eigenvalue weighted by Crippen LogP contribution is 2.26. The maximum absolute atomic E-state index is 10.0. The largest absolute Gasteiger partial charge is 0.387 e. The summed E-state index contributed by atoms with van der Waals surface area (Å²) < 4.78 is 6.70. The average Bonchev–Trinajstić information content (AvgIpc) is 2.64. The Labute approximate surface area is 101 Å². The normalized spacial score (nSPS) is 13.0. The fourth-order valence-electron chi connectivity index (χ4n) is 1.59. The quantitative estimate of drug-likeness (QED) is 0.804. The van der Waals surface area contributed by atoms with Crippen molar-refractivity contribution < 1.29 is 9.84 Å². The minimum Gasteiger partial charge on any atom is -0.387 e. The number of rotatable bonds is 7. The molecule has 0 amide bonds. The zero-order valence-electron chi connectivity index (χ0n) is 9.82. The molecule has 1 aromatic rings. The van der Waals surface area contributed by atoms with Gasteiger partial charge in [-0.1, -0.05) is 31.4 Å². The topological polar surface area (TPSA) is 47.3 Å². The summed E-state index contributed by atoms with van der Waals surface area (Å²) in [5.41, 5.74) is 0.701. The number of hydrogen-bond donors (Lipinski definition) is 1. The Morgan fingerprint density at radius 1 is 1.62 bits per heavy atom. The Balaban J connectivity index is 2.71. The predicted molar refractivity (Wildman–Crippen MR) is 63.6 cm³/mol. The Morgan fingerprint density at radius 3 is 3.00 bits per heavy atom. The van der Waals surface area contributed by atoms with Gasteiger partial charge in [-0.2, -0.15) is 5.10 Å². The molecule has 0 saturated carbocycles. The van der Waals surface area contributed by atoms with Gasteiger partial charge >= 0.3 is 0 Å². The van der Waals surface area contributed by atoms with E-state index in [2.05, 4.69) is 12.0 Å². The van der Waals surface area contributed by atoms with Crippen molar-refractivity contribution in [3.63, 3.8) is 0 Å². The third-order valence-electron chi connectivity index (χ3n) is 2.49. The van der Waals surface area contributed by atoms with E-state index in [9.17, 15) is 5.11 Å². The van der Waals surface area contributed by atoms with Gasteiger partial charge in [-0.15, -0.1) is 0 Å². The minimum absolute atomic E-state index is 0.528. The number of aromatic nitrogens is 2. The monoisotopic (exact) mass is 246 g/mol. The van der Waals surface area contributed by atoms with Crippen LogP contribution in [0, 0.1) is 0 Å². The first-order valence-electron chi connectivity index (χ1n) is 5.58. The Bertz CT molecular complexity index is 315. The van der Waals surface area contributed by atoms with E-state index >= 15 is 0 Å². The first kappa shape index (κ1) is 13.5. The number of methoxy groups -OCH3 is 1. The number of halogens is 1. The van der Waals surface area contributed by atoms with Crippen molar-refractivity contribution in [1.29, 1.82) is 0 Å². The maximum Gasteiger partial charge on any atom is 0.0971 e. The number of ether oxygens (including phenoxy) is 1. The second-order valence-corrected chi connectivity index (χ2v) is 4.16. The van der Waals surface area contributed by atoms with Crippen LogP contribution in [0.3, 0.4) is 0 Å². The molecule has 1 heterocycles. The summed E-state index contributed by atoms with van der Waals surface area (Å²) in [5, 5.41) is 14.7. The Hall–Kier alpha value is -0.580. The van der Waals surface area contributed by atoms with Crippen molar-refractivity contribution in [2.24, 2.45) is 0 Å². The zero-order chi connectivity index (χ0) is 12.0. The lowest BCUT2D eigenvalue weighted by Gasteiger charge is -2.13. The van der Waals surface area contributed by atoms with Crippen molar-refractivity contribution >= 4 is 11.6 Å². The van der Waals surface area contributed by atoms with Crippen LogP contribution < -0.4 is 0 Å². The van der Waals surface area contributed by atoms with Crippen LogP contribution in [0.25, 0.3) is 0 Å². The van der Waals surface area contributed by atoms with Gasteiger partial charge in [0.2, 0.25) is 0 Å². The summed E-state index contributed by atoms with van der Waals surface area (Å²) >= 11 is 6.01. The second kappa shape index (κ2) is 6.89. The fraction of sp³-hybridized carbons (Fsp3) is 0.727. The number of aliphatic hydroxyl groups excluding tert-OH is 1. The van der Waals surface area contributed by atoms with Crippen molar-refractivity contribution in [2.45, 2.75) is 38.8 Å².